The molecule has 0 aromatic heterocycles. The monoisotopic (exact) mass is 367 g/mol. The number of nitrogens with zero attached hydrogens (tertiary/aromatic N) is 1. The van der Waals surface area contributed by atoms with Crippen LogP contribution in [0.15, 0.2) is 24.3 Å². The fourth-order valence-electron chi connectivity index (χ4n) is 4.97. The molecule has 1 aromatic rings. The fraction of sp³-hybridized carbons (Fsp3) is 0.731. The lowest BCUT2D eigenvalue weighted by Gasteiger charge is -2.41. The molecule has 1 unspecified atom stereocenters. The van der Waals surface area contributed by atoms with E-state index in [2.05, 4.69) is 44.2 Å². The molecular formula is C26H41N. The van der Waals surface area contributed by atoms with Crippen LogP contribution in [-0.4, -0.2) is 0 Å². The molecule has 150 valence electrons. The van der Waals surface area contributed by atoms with Crippen molar-refractivity contribution in [2.24, 2.45) is 11.3 Å². The zero-order chi connectivity index (χ0) is 19.4. The summed E-state index contributed by atoms with van der Waals surface area (Å²) in [4.78, 5) is 0. The summed E-state index contributed by atoms with van der Waals surface area (Å²) in [5.41, 5.74) is 3.08. The molecule has 0 saturated heterocycles. The van der Waals surface area contributed by atoms with Crippen LogP contribution in [0.1, 0.15) is 108 Å². The van der Waals surface area contributed by atoms with Crippen molar-refractivity contribution in [3.05, 3.63) is 35.4 Å². The predicted octanol–water partition coefficient (Wildman–Crippen LogP) is 8.02. The van der Waals surface area contributed by atoms with Crippen molar-refractivity contribution >= 4 is 0 Å². The second-order valence-corrected chi connectivity index (χ2v) is 8.89. The quantitative estimate of drug-likeness (QED) is 0.343. The normalized spacial score (nSPS) is 17.4. The van der Waals surface area contributed by atoms with E-state index in [1.54, 1.807) is 0 Å². The Labute approximate surface area is 168 Å². The predicted molar refractivity (Wildman–Crippen MR) is 117 cm³/mol. The molecule has 0 spiro atoms. The zero-order valence-corrected chi connectivity index (χ0v) is 17.9. The maximum atomic E-state index is 10.1. The summed E-state index contributed by atoms with van der Waals surface area (Å²) in [6, 6.07) is 11.9. The number of unbranched alkanes of at least 4 members (excludes halogenated alkanes) is 5. The molecule has 0 heterocycles. The molecule has 1 aliphatic rings. The van der Waals surface area contributed by atoms with E-state index in [4.69, 9.17) is 0 Å². The Kier molecular flexibility index (Phi) is 9.96. The van der Waals surface area contributed by atoms with E-state index in [-0.39, 0.29) is 11.3 Å². The topological polar surface area (TPSA) is 23.8 Å². The van der Waals surface area contributed by atoms with Gasteiger partial charge in [0.25, 0.3) is 0 Å². The Morgan fingerprint density at radius 2 is 1.48 bits per heavy atom. The van der Waals surface area contributed by atoms with Crippen molar-refractivity contribution in [1.82, 2.24) is 0 Å². The number of aryl methyl sites for hydroxylation is 1. The summed E-state index contributed by atoms with van der Waals surface area (Å²) in [5.74, 6) is 0.186. The maximum absolute atomic E-state index is 10.1. The third kappa shape index (κ3) is 6.99. The highest BCUT2D eigenvalue weighted by molar-refractivity contribution is 5.24. The van der Waals surface area contributed by atoms with Gasteiger partial charge in [-0.2, -0.15) is 5.26 Å². The Hall–Kier alpha value is -1.29. The van der Waals surface area contributed by atoms with Crippen LogP contribution in [0.4, 0.5) is 0 Å². The van der Waals surface area contributed by atoms with E-state index in [1.165, 1.54) is 101 Å². The SMILES string of the molecule is CCCCCCCC1(C(C#N)Cc2ccc(CCCC)cc2)CCCCC1. The van der Waals surface area contributed by atoms with Crippen molar-refractivity contribution in [3.63, 3.8) is 0 Å². The lowest BCUT2D eigenvalue weighted by atomic mass is 9.62. The Bertz CT molecular complexity index is 545. The van der Waals surface area contributed by atoms with Gasteiger partial charge in [0.15, 0.2) is 0 Å². The minimum atomic E-state index is 0.186. The van der Waals surface area contributed by atoms with Gasteiger partial charge in [-0.3, -0.25) is 0 Å². The van der Waals surface area contributed by atoms with Crippen LogP contribution < -0.4 is 0 Å². The average Bonchev–Trinajstić information content (AvgIpc) is 2.72. The molecule has 2 rings (SSSR count). The van der Waals surface area contributed by atoms with Gasteiger partial charge in [0.05, 0.1) is 12.0 Å². The third-order valence-corrected chi connectivity index (χ3v) is 6.80. The molecular weight excluding hydrogens is 326 g/mol. The molecule has 0 radical (unpaired) electrons. The summed E-state index contributed by atoms with van der Waals surface area (Å²) < 4.78 is 0. The van der Waals surface area contributed by atoms with Gasteiger partial charge >= 0.3 is 0 Å². The first kappa shape index (κ1) is 22.0. The van der Waals surface area contributed by atoms with Crippen LogP contribution in [0.25, 0.3) is 0 Å². The molecule has 0 N–H and O–H groups in total. The molecule has 1 heteroatoms. The number of rotatable bonds is 12. The first-order chi connectivity index (χ1) is 13.2. The highest BCUT2D eigenvalue weighted by atomic mass is 14.4. The largest absolute Gasteiger partial charge is 0.198 e. The van der Waals surface area contributed by atoms with Crippen LogP contribution in [0.3, 0.4) is 0 Å². The van der Waals surface area contributed by atoms with E-state index >= 15 is 0 Å². The van der Waals surface area contributed by atoms with Gasteiger partial charge < -0.3 is 0 Å². The third-order valence-electron chi connectivity index (χ3n) is 6.80. The van der Waals surface area contributed by atoms with Gasteiger partial charge in [-0.1, -0.05) is 95.9 Å². The van der Waals surface area contributed by atoms with Crippen LogP contribution in [0.5, 0.6) is 0 Å². The van der Waals surface area contributed by atoms with Crippen molar-refractivity contribution in [1.29, 1.82) is 5.26 Å². The van der Waals surface area contributed by atoms with Crippen LogP contribution in [-0.2, 0) is 12.8 Å². The van der Waals surface area contributed by atoms with Gasteiger partial charge in [-0.15, -0.1) is 0 Å². The lowest BCUT2D eigenvalue weighted by Crippen LogP contribution is -2.33. The standard InChI is InChI=1S/C26H41N/c1-3-5-7-8-10-18-26(19-11-9-12-20-26)25(22-27)21-24-16-14-23(15-17-24)13-6-4-2/h14-17,25H,3-13,18-21H2,1-2H3. The molecule has 1 saturated carbocycles. The molecule has 0 bridgehead atoms. The first-order valence-electron chi connectivity index (χ1n) is 11.7. The Balaban J connectivity index is 2.00. The Morgan fingerprint density at radius 1 is 0.852 bits per heavy atom. The Morgan fingerprint density at radius 3 is 2.11 bits per heavy atom. The zero-order valence-electron chi connectivity index (χ0n) is 17.9. The molecule has 0 amide bonds. The summed E-state index contributed by atoms with van der Waals surface area (Å²) in [7, 11) is 0. The van der Waals surface area contributed by atoms with E-state index in [9.17, 15) is 5.26 Å². The van der Waals surface area contributed by atoms with Gasteiger partial charge in [-0.05, 0) is 55.1 Å². The van der Waals surface area contributed by atoms with Gasteiger partial charge in [-0.25, -0.2) is 0 Å². The molecule has 1 nitrogen and oxygen atoms in total. The molecule has 1 atom stereocenters. The van der Waals surface area contributed by atoms with Gasteiger partial charge in [0, 0.05) is 0 Å². The van der Waals surface area contributed by atoms with E-state index in [0.29, 0.717) is 0 Å². The van der Waals surface area contributed by atoms with Crippen LogP contribution in [0, 0.1) is 22.7 Å². The molecule has 1 aliphatic carbocycles. The average molecular weight is 368 g/mol. The molecule has 1 aromatic carbocycles. The smallest absolute Gasteiger partial charge is 0.0665 e. The molecule has 1 fully saturated rings. The lowest BCUT2D eigenvalue weighted by molar-refractivity contribution is 0.110. The van der Waals surface area contributed by atoms with Crippen molar-refractivity contribution in [2.75, 3.05) is 0 Å². The van der Waals surface area contributed by atoms with E-state index < -0.39 is 0 Å². The number of hydrogen-bond acceptors (Lipinski definition) is 1. The summed E-state index contributed by atoms with van der Waals surface area (Å²) in [6.45, 7) is 4.53. The summed E-state index contributed by atoms with van der Waals surface area (Å²) in [5, 5.41) is 10.1. The van der Waals surface area contributed by atoms with Crippen molar-refractivity contribution < 1.29 is 0 Å². The summed E-state index contributed by atoms with van der Waals surface area (Å²) >= 11 is 0. The number of benzene rings is 1. The maximum Gasteiger partial charge on any atom is 0.0665 e. The summed E-state index contributed by atoms with van der Waals surface area (Å²) in [6.07, 6.45) is 19.1. The van der Waals surface area contributed by atoms with Crippen molar-refractivity contribution in [2.45, 2.75) is 110 Å². The minimum absolute atomic E-state index is 0.186. The number of nitriles is 1. The second-order valence-electron chi connectivity index (χ2n) is 8.89. The van der Waals surface area contributed by atoms with Crippen molar-refractivity contribution in [3.8, 4) is 6.07 Å². The molecule has 0 aliphatic heterocycles. The van der Waals surface area contributed by atoms with Gasteiger partial charge in [0.2, 0.25) is 0 Å². The highest BCUT2D eigenvalue weighted by Crippen LogP contribution is 2.47. The first-order valence-corrected chi connectivity index (χ1v) is 11.7. The minimum Gasteiger partial charge on any atom is -0.198 e. The van der Waals surface area contributed by atoms with E-state index in [1.807, 2.05) is 0 Å². The fourth-order valence-corrected chi connectivity index (χ4v) is 4.97. The molecule has 27 heavy (non-hydrogen) atoms. The van der Waals surface area contributed by atoms with Gasteiger partial charge in [0.1, 0.15) is 0 Å². The van der Waals surface area contributed by atoms with Crippen LogP contribution in [0.2, 0.25) is 0 Å². The second kappa shape index (κ2) is 12.2. The van der Waals surface area contributed by atoms with E-state index in [0.717, 1.165) is 6.42 Å². The number of hydrogen-bond donors (Lipinski definition) is 0. The van der Waals surface area contributed by atoms with Crippen LogP contribution >= 0.6 is 0 Å². The highest BCUT2D eigenvalue weighted by Gasteiger charge is 2.39.